The van der Waals surface area contributed by atoms with E-state index < -0.39 is 4.92 Å². The lowest BCUT2D eigenvalue weighted by molar-refractivity contribution is -0.384. The molecule has 0 bridgehead atoms. The smallest absolute Gasteiger partial charge is 0.271 e. The van der Waals surface area contributed by atoms with E-state index in [9.17, 15) is 14.9 Å². The molecule has 0 atom stereocenters. The number of carbonyl (C=O) groups is 1. The molecule has 3 rings (SSSR count). The number of nitro benzene ring substituents is 1. The Morgan fingerprint density at radius 3 is 2.74 bits per heavy atom. The first-order valence-electron chi connectivity index (χ1n) is 7.35. The van der Waals surface area contributed by atoms with Crippen LogP contribution in [0.3, 0.4) is 0 Å². The minimum absolute atomic E-state index is 0.0206. The highest BCUT2D eigenvalue weighted by Crippen LogP contribution is 2.20. The van der Waals surface area contributed by atoms with Crippen LogP contribution < -0.4 is 5.43 Å². The molecule has 1 N–H and O–H groups in total. The van der Waals surface area contributed by atoms with Crippen LogP contribution >= 0.6 is 0 Å². The van der Waals surface area contributed by atoms with Gasteiger partial charge in [-0.05, 0) is 30.9 Å². The molecular formula is C17H15N3O3. The molecule has 0 fully saturated rings. The maximum absolute atomic E-state index is 12.6. The molecular weight excluding hydrogens is 294 g/mol. The maximum Gasteiger partial charge on any atom is 0.271 e. The number of nitrogens with one attached hydrogen (secondary N) is 1. The number of Topliss-reactive ketones (excluding diaryl/α,β-unsaturated/α-hetero) is 1. The summed E-state index contributed by atoms with van der Waals surface area (Å²) in [5, 5.41) is 15.0. The first-order chi connectivity index (χ1) is 11.1. The fraction of sp³-hybridized carbons (Fsp3) is 0.176. The van der Waals surface area contributed by atoms with E-state index >= 15 is 0 Å². The van der Waals surface area contributed by atoms with Gasteiger partial charge in [-0.3, -0.25) is 20.3 Å². The van der Waals surface area contributed by atoms with Gasteiger partial charge in [0.2, 0.25) is 5.78 Å². The summed E-state index contributed by atoms with van der Waals surface area (Å²) < 4.78 is 0. The number of anilines is 1. The minimum atomic E-state index is -0.467. The lowest BCUT2D eigenvalue weighted by atomic mass is 10.0. The number of hydrogen-bond acceptors (Lipinski definition) is 5. The highest BCUT2D eigenvalue weighted by atomic mass is 16.6. The van der Waals surface area contributed by atoms with Gasteiger partial charge in [-0.15, -0.1) is 0 Å². The Labute approximate surface area is 133 Å². The standard InChI is InChI=1S/C17H15N3O3/c21-17-15-9-2-1-5-12(15)6-3-10-16(17)19-18-13-7-4-8-14(11-13)20(22)23/h1-2,4-5,7-9,11,18H,3,6,10H2/b19-16-. The molecule has 0 saturated carbocycles. The summed E-state index contributed by atoms with van der Waals surface area (Å²) in [6, 6.07) is 13.6. The van der Waals surface area contributed by atoms with Gasteiger partial charge in [0.25, 0.3) is 5.69 Å². The topological polar surface area (TPSA) is 84.6 Å². The second kappa shape index (κ2) is 6.39. The number of nitro groups is 1. The second-order valence-corrected chi connectivity index (χ2v) is 5.32. The molecule has 1 aliphatic carbocycles. The van der Waals surface area contributed by atoms with Crippen LogP contribution in [0.4, 0.5) is 11.4 Å². The molecule has 0 aromatic heterocycles. The Kier molecular flexibility index (Phi) is 4.14. The van der Waals surface area contributed by atoms with Gasteiger partial charge in [0.05, 0.1) is 10.6 Å². The van der Waals surface area contributed by atoms with Crippen molar-refractivity contribution in [3.63, 3.8) is 0 Å². The fourth-order valence-electron chi connectivity index (χ4n) is 2.60. The highest BCUT2D eigenvalue weighted by molar-refractivity contribution is 6.46. The zero-order chi connectivity index (χ0) is 16.2. The molecule has 23 heavy (non-hydrogen) atoms. The third kappa shape index (κ3) is 3.26. The predicted molar refractivity (Wildman–Crippen MR) is 87.9 cm³/mol. The zero-order valence-corrected chi connectivity index (χ0v) is 12.4. The SMILES string of the molecule is O=C1/C(=N\Nc2cccc([N+](=O)[O-])c2)CCCc2ccccc21. The third-order valence-corrected chi connectivity index (χ3v) is 3.76. The molecule has 0 spiro atoms. The number of hydrazone groups is 1. The largest absolute Gasteiger partial charge is 0.287 e. The fourth-order valence-corrected chi connectivity index (χ4v) is 2.60. The van der Waals surface area contributed by atoms with Crippen LogP contribution in [-0.4, -0.2) is 16.4 Å². The van der Waals surface area contributed by atoms with Gasteiger partial charge in [-0.25, -0.2) is 0 Å². The van der Waals surface area contributed by atoms with Crippen LogP contribution in [0.25, 0.3) is 0 Å². The molecule has 0 radical (unpaired) electrons. The number of ketones is 1. The zero-order valence-electron chi connectivity index (χ0n) is 12.4. The van der Waals surface area contributed by atoms with Crippen molar-refractivity contribution >= 4 is 22.9 Å². The number of hydrogen-bond donors (Lipinski definition) is 1. The van der Waals surface area contributed by atoms with Crippen molar-refractivity contribution < 1.29 is 9.72 Å². The van der Waals surface area contributed by atoms with Crippen LogP contribution in [0.1, 0.15) is 28.8 Å². The third-order valence-electron chi connectivity index (χ3n) is 3.76. The summed E-state index contributed by atoms with van der Waals surface area (Å²) >= 11 is 0. The molecule has 1 aliphatic rings. The van der Waals surface area contributed by atoms with Gasteiger partial charge in [0, 0.05) is 17.7 Å². The lowest BCUT2D eigenvalue weighted by Gasteiger charge is -2.05. The molecule has 0 saturated heterocycles. The average Bonchev–Trinajstić information content (AvgIpc) is 2.73. The summed E-state index contributed by atoms with van der Waals surface area (Å²) in [7, 11) is 0. The first-order valence-corrected chi connectivity index (χ1v) is 7.35. The van der Waals surface area contributed by atoms with Crippen molar-refractivity contribution in [2.75, 3.05) is 5.43 Å². The van der Waals surface area contributed by atoms with Crippen molar-refractivity contribution in [1.82, 2.24) is 0 Å². The van der Waals surface area contributed by atoms with E-state index in [4.69, 9.17) is 0 Å². The van der Waals surface area contributed by atoms with Crippen LogP contribution in [0.2, 0.25) is 0 Å². The van der Waals surface area contributed by atoms with Crippen molar-refractivity contribution in [2.24, 2.45) is 5.10 Å². The Morgan fingerprint density at radius 2 is 1.91 bits per heavy atom. The van der Waals surface area contributed by atoms with E-state index in [1.54, 1.807) is 12.1 Å². The van der Waals surface area contributed by atoms with Crippen molar-refractivity contribution in [3.8, 4) is 0 Å². The number of aryl methyl sites for hydroxylation is 1. The second-order valence-electron chi connectivity index (χ2n) is 5.32. The predicted octanol–water partition coefficient (Wildman–Crippen LogP) is 3.58. The number of carbonyl (C=O) groups excluding carboxylic acids is 1. The summed E-state index contributed by atoms with van der Waals surface area (Å²) in [6.07, 6.45) is 2.27. The van der Waals surface area contributed by atoms with Gasteiger partial charge in [0.1, 0.15) is 5.71 Å². The van der Waals surface area contributed by atoms with E-state index in [2.05, 4.69) is 10.5 Å². The molecule has 0 aliphatic heterocycles. The number of rotatable bonds is 3. The first kappa shape index (κ1) is 14.9. The molecule has 2 aromatic rings. The number of fused-ring (bicyclic) bond motifs is 1. The maximum atomic E-state index is 12.6. The van der Waals surface area contributed by atoms with Crippen LogP contribution in [0.15, 0.2) is 53.6 Å². The van der Waals surface area contributed by atoms with Gasteiger partial charge in [-0.1, -0.05) is 30.3 Å². The Morgan fingerprint density at radius 1 is 1.09 bits per heavy atom. The Hall–Kier alpha value is -3.02. The van der Waals surface area contributed by atoms with E-state index in [1.165, 1.54) is 12.1 Å². The minimum Gasteiger partial charge on any atom is -0.287 e. The number of non-ortho nitro benzene ring substituents is 1. The summed E-state index contributed by atoms with van der Waals surface area (Å²) in [5.41, 5.74) is 5.39. The van der Waals surface area contributed by atoms with E-state index in [0.29, 0.717) is 23.4 Å². The van der Waals surface area contributed by atoms with Crippen LogP contribution in [0, 0.1) is 10.1 Å². The summed E-state index contributed by atoms with van der Waals surface area (Å²) in [5.74, 6) is -0.0870. The molecule has 0 unspecified atom stereocenters. The molecule has 0 amide bonds. The van der Waals surface area contributed by atoms with Crippen molar-refractivity contribution in [1.29, 1.82) is 0 Å². The van der Waals surface area contributed by atoms with E-state index in [0.717, 1.165) is 18.4 Å². The Bertz CT molecular complexity index is 799. The number of nitrogens with zero attached hydrogens (tertiary/aromatic N) is 2. The molecule has 0 heterocycles. The average molecular weight is 309 g/mol. The van der Waals surface area contributed by atoms with E-state index in [-0.39, 0.29) is 11.5 Å². The molecule has 116 valence electrons. The van der Waals surface area contributed by atoms with Crippen LogP contribution in [0.5, 0.6) is 0 Å². The van der Waals surface area contributed by atoms with Gasteiger partial charge >= 0.3 is 0 Å². The van der Waals surface area contributed by atoms with Gasteiger partial charge in [-0.2, -0.15) is 5.10 Å². The van der Waals surface area contributed by atoms with Crippen molar-refractivity contribution in [2.45, 2.75) is 19.3 Å². The van der Waals surface area contributed by atoms with Gasteiger partial charge < -0.3 is 0 Å². The highest BCUT2D eigenvalue weighted by Gasteiger charge is 2.21. The number of benzene rings is 2. The quantitative estimate of drug-likeness (QED) is 0.533. The monoisotopic (exact) mass is 309 g/mol. The molecule has 6 heteroatoms. The summed E-state index contributed by atoms with van der Waals surface area (Å²) in [6.45, 7) is 0. The van der Waals surface area contributed by atoms with Crippen molar-refractivity contribution in [3.05, 3.63) is 69.8 Å². The molecule has 2 aromatic carbocycles. The van der Waals surface area contributed by atoms with Crippen LogP contribution in [-0.2, 0) is 6.42 Å². The lowest BCUT2D eigenvalue weighted by Crippen LogP contribution is -2.15. The normalized spacial score (nSPS) is 15.8. The van der Waals surface area contributed by atoms with Gasteiger partial charge in [0.15, 0.2) is 0 Å². The van der Waals surface area contributed by atoms with E-state index in [1.807, 2.05) is 24.3 Å². The summed E-state index contributed by atoms with van der Waals surface area (Å²) in [4.78, 5) is 22.9. The Balaban J connectivity index is 1.84. The molecule has 6 nitrogen and oxygen atoms in total.